The molecule has 98 valence electrons. The summed E-state index contributed by atoms with van der Waals surface area (Å²) in [7, 11) is 1.56. The van der Waals surface area contributed by atoms with Crippen LogP contribution in [0.3, 0.4) is 0 Å². The predicted octanol–water partition coefficient (Wildman–Crippen LogP) is 2.96. The summed E-state index contributed by atoms with van der Waals surface area (Å²) in [6.45, 7) is 1.55. The van der Waals surface area contributed by atoms with Crippen LogP contribution in [0.1, 0.15) is 12.5 Å². The first-order valence-electron chi connectivity index (χ1n) is 5.65. The predicted molar refractivity (Wildman–Crippen MR) is 70.2 cm³/mol. The van der Waals surface area contributed by atoms with E-state index >= 15 is 0 Å². The molecule has 1 aromatic heterocycles. The number of thiophene rings is 1. The van der Waals surface area contributed by atoms with Gasteiger partial charge in [0, 0.05) is 10.7 Å². The van der Waals surface area contributed by atoms with Crippen LogP contribution in [0.15, 0.2) is 29.6 Å². The fraction of sp³-hybridized carbons (Fsp3) is 0.385. The van der Waals surface area contributed by atoms with Gasteiger partial charge in [-0.3, -0.25) is 0 Å². The van der Waals surface area contributed by atoms with Crippen LogP contribution in [0.2, 0.25) is 0 Å². The number of hydrogen-bond acceptors (Lipinski definition) is 3. The summed E-state index contributed by atoms with van der Waals surface area (Å²) in [4.78, 5) is 0. The maximum Gasteiger partial charge on any atom is 0.272 e. The molecule has 0 aliphatic rings. The number of aliphatic hydroxyl groups is 1. The average molecular weight is 271 g/mol. The molecule has 2 atom stereocenters. The van der Waals surface area contributed by atoms with Crippen LogP contribution in [0.4, 0.5) is 8.78 Å². The van der Waals surface area contributed by atoms with Crippen molar-refractivity contribution in [3.8, 4) is 0 Å². The number of halogens is 2. The van der Waals surface area contributed by atoms with Gasteiger partial charge in [-0.25, -0.2) is 8.78 Å². The molecule has 2 unspecified atom stereocenters. The lowest BCUT2D eigenvalue weighted by atomic mass is 9.87. The van der Waals surface area contributed by atoms with Gasteiger partial charge in [0.1, 0.15) is 0 Å². The second-order valence-electron chi connectivity index (χ2n) is 4.31. The van der Waals surface area contributed by atoms with Crippen LogP contribution in [-0.4, -0.2) is 24.6 Å². The zero-order valence-corrected chi connectivity index (χ0v) is 11.0. The van der Waals surface area contributed by atoms with E-state index in [0.717, 1.165) is 10.1 Å². The van der Waals surface area contributed by atoms with Crippen molar-refractivity contribution in [3.05, 3.63) is 35.2 Å². The standard InChI is InChI=1S/C13H15F2NOS/c1-8(16-2)13(17,12(14)15)10-3-4-11-9(7-10)5-6-18-11/h3-8,12,16-17H,1-2H3. The largest absolute Gasteiger partial charge is 0.378 e. The highest BCUT2D eigenvalue weighted by atomic mass is 32.1. The van der Waals surface area contributed by atoms with Gasteiger partial charge in [-0.1, -0.05) is 6.07 Å². The van der Waals surface area contributed by atoms with Gasteiger partial charge in [0.25, 0.3) is 6.43 Å². The molecule has 0 radical (unpaired) electrons. The van der Waals surface area contributed by atoms with E-state index in [1.807, 2.05) is 11.4 Å². The van der Waals surface area contributed by atoms with Gasteiger partial charge in [-0.05, 0) is 48.5 Å². The van der Waals surface area contributed by atoms with Crippen LogP contribution < -0.4 is 5.32 Å². The maximum absolute atomic E-state index is 13.2. The van der Waals surface area contributed by atoms with Crippen molar-refractivity contribution < 1.29 is 13.9 Å². The lowest BCUT2D eigenvalue weighted by molar-refractivity contribution is -0.120. The highest BCUT2D eigenvalue weighted by Crippen LogP contribution is 2.34. The molecule has 5 heteroatoms. The monoisotopic (exact) mass is 271 g/mol. The van der Waals surface area contributed by atoms with E-state index in [-0.39, 0.29) is 5.56 Å². The molecule has 0 fully saturated rings. The normalized spacial score (nSPS) is 17.0. The van der Waals surface area contributed by atoms with E-state index in [1.54, 1.807) is 43.5 Å². The summed E-state index contributed by atoms with van der Waals surface area (Å²) in [5.74, 6) is 0. The summed E-state index contributed by atoms with van der Waals surface area (Å²) in [6, 6.07) is 6.09. The second kappa shape index (κ2) is 4.91. The highest BCUT2D eigenvalue weighted by molar-refractivity contribution is 7.17. The Labute approximate surface area is 108 Å². The smallest absolute Gasteiger partial charge is 0.272 e. The van der Waals surface area contributed by atoms with Gasteiger partial charge in [0.15, 0.2) is 5.60 Å². The zero-order valence-electron chi connectivity index (χ0n) is 10.2. The molecule has 0 bridgehead atoms. The van der Waals surface area contributed by atoms with Crippen molar-refractivity contribution in [2.75, 3.05) is 7.05 Å². The number of likely N-dealkylation sites (N-methyl/N-ethyl adjacent to an activating group) is 1. The van der Waals surface area contributed by atoms with Crippen molar-refractivity contribution in [3.63, 3.8) is 0 Å². The number of alkyl halides is 2. The van der Waals surface area contributed by atoms with Crippen molar-refractivity contribution in [1.29, 1.82) is 0 Å². The molecule has 18 heavy (non-hydrogen) atoms. The Hall–Kier alpha value is -1.04. The molecule has 0 saturated carbocycles. The molecular formula is C13H15F2NOS. The molecular weight excluding hydrogens is 256 g/mol. The first kappa shape index (κ1) is 13.4. The molecule has 0 saturated heterocycles. The Bertz CT molecular complexity index is 543. The van der Waals surface area contributed by atoms with Crippen LogP contribution in [0.25, 0.3) is 10.1 Å². The number of benzene rings is 1. The SMILES string of the molecule is CNC(C)C(O)(c1ccc2sccc2c1)C(F)F. The first-order valence-corrected chi connectivity index (χ1v) is 6.53. The molecule has 0 spiro atoms. The van der Waals surface area contributed by atoms with E-state index < -0.39 is 18.1 Å². The van der Waals surface area contributed by atoms with Gasteiger partial charge < -0.3 is 10.4 Å². The summed E-state index contributed by atoms with van der Waals surface area (Å²) < 4.78 is 27.5. The topological polar surface area (TPSA) is 32.3 Å². The average Bonchev–Trinajstić information content (AvgIpc) is 2.83. The van der Waals surface area contributed by atoms with Crippen LogP contribution in [0.5, 0.6) is 0 Å². The maximum atomic E-state index is 13.2. The summed E-state index contributed by atoms with van der Waals surface area (Å²) >= 11 is 1.54. The molecule has 0 aliphatic carbocycles. The van der Waals surface area contributed by atoms with Gasteiger partial charge in [0.2, 0.25) is 0 Å². The fourth-order valence-corrected chi connectivity index (χ4v) is 2.77. The number of hydrogen-bond donors (Lipinski definition) is 2. The minimum Gasteiger partial charge on any atom is -0.378 e. The van der Waals surface area contributed by atoms with Crippen molar-refractivity contribution in [2.24, 2.45) is 0 Å². The van der Waals surface area contributed by atoms with Crippen LogP contribution in [0, 0.1) is 0 Å². The minimum atomic E-state index is -2.85. The third-order valence-electron chi connectivity index (χ3n) is 3.34. The first-order chi connectivity index (χ1) is 8.50. The molecule has 1 heterocycles. The highest BCUT2D eigenvalue weighted by Gasteiger charge is 2.44. The van der Waals surface area contributed by atoms with E-state index in [1.165, 1.54) is 0 Å². The zero-order chi connectivity index (χ0) is 13.3. The quantitative estimate of drug-likeness (QED) is 0.896. The molecule has 0 aliphatic heterocycles. The van der Waals surface area contributed by atoms with E-state index in [2.05, 4.69) is 5.32 Å². The van der Waals surface area contributed by atoms with Crippen molar-refractivity contribution >= 4 is 21.4 Å². The van der Waals surface area contributed by atoms with Crippen LogP contribution >= 0.6 is 11.3 Å². The van der Waals surface area contributed by atoms with Crippen molar-refractivity contribution in [2.45, 2.75) is 25.0 Å². The van der Waals surface area contributed by atoms with Gasteiger partial charge in [-0.15, -0.1) is 11.3 Å². The van der Waals surface area contributed by atoms with Gasteiger partial charge in [-0.2, -0.15) is 0 Å². The van der Waals surface area contributed by atoms with E-state index in [4.69, 9.17) is 0 Å². The number of fused-ring (bicyclic) bond motifs is 1. The Balaban J connectivity index is 2.53. The Morgan fingerprint density at radius 3 is 2.67 bits per heavy atom. The molecule has 2 N–H and O–H groups in total. The van der Waals surface area contributed by atoms with Gasteiger partial charge in [0.05, 0.1) is 0 Å². The summed E-state index contributed by atoms with van der Waals surface area (Å²) in [6.07, 6.45) is -2.85. The molecule has 2 nitrogen and oxygen atoms in total. The van der Waals surface area contributed by atoms with Gasteiger partial charge >= 0.3 is 0 Å². The minimum absolute atomic E-state index is 0.241. The van der Waals surface area contributed by atoms with E-state index in [0.29, 0.717) is 0 Å². The lowest BCUT2D eigenvalue weighted by Gasteiger charge is -2.33. The Morgan fingerprint density at radius 1 is 1.33 bits per heavy atom. The van der Waals surface area contributed by atoms with Crippen LogP contribution in [-0.2, 0) is 5.60 Å². The second-order valence-corrected chi connectivity index (χ2v) is 5.26. The number of nitrogens with one attached hydrogen (secondary N) is 1. The fourth-order valence-electron chi connectivity index (χ4n) is 2.00. The Morgan fingerprint density at radius 2 is 2.06 bits per heavy atom. The third-order valence-corrected chi connectivity index (χ3v) is 4.24. The summed E-state index contributed by atoms with van der Waals surface area (Å²) in [5, 5.41) is 15.8. The molecule has 2 aromatic rings. The molecule has 1 aromatic carbocycles. The lowest BCUT2D eigenvalue weighted by Crippen LogP contribution is -2.50. The van der Waals surface area contributed by atoms with Crippen molar-refractivity contribution in [1.82, 2.24) is 5.32 Å². The Kier molecular flexibility index (Phi) is 3.66. The third kappa shape index (κ3) is 2.02. The van der Waals surface area contributed by atoms with E-state index in [9.17, 15) is 13.9 Å². The molecule has 2 rings (SSSR count). The summed E-state index contributed by atoms with van der Waals surface area (Å²) in [5.41, 5.74) is -1.93. The molecule has 0 amide bonds. The number of rotatable bonds is 4.